The van der Waals surface area contributed by atoms with Crippen molar-refractivity contribution in [1.29, 1.82) is 0 Å². The molecule has 17 heavy (non-hydrogen) atoms. The molecule has 0 bridgehead atoms. The van der Waals surface area contributed by atoms with Crippen molar-refractivity contribution < 1.29 is 9.26 Å². The summed E-state index contributed by atoms with van der Waals surface area (Å²) in [7, 11) is 0. The van der Waals surface area contributed by atoms with Crippen LogP contribution in [0.4, 0.5) is 0 Å². The van der Waals surface area contributed by atoms with Crippen molar-refractivity contribution in [3.05, 3.63) is 11.7 Å². The van der Waals surface area contributed by atoms with E-state index in [4.69, 9.17) is 9.26 Å². The second-order valence-electron chi connectivity index (χ2n) is 5.01. The smallest absolute Gasteiger partial charge is 0.231 e. The highest BCUT2D eigenvalue weighted by Crippen LogP contribution is 2.28. The molecule has 1 saturated heterocycles. The second-order valence-corrected chi connectivity index (χ2v) is 5.01. The number of aromatic nitrogens is 2. The van der Waals surface area contributed by atoms with Gasteiger partial charge in [-0.05, 0) is 31.7 Å². The number of ether oxygens (including phenoxy) is 1. The first-order chi connectivity index (χ1) is 8.42. The monoisotopic (exact) mass is 237 g/mol. The molecule has 0 amide bonds. The molecule has 1 aliphatic heterocycles. The van der Waals surface area contributed by atoms with Crippen LogP contribution in [-0.2, 0) is 11.2 Å². The molecule has 0 aromatic carbocycles. The molecule has 1 aromatic heterocycles. The minimum absolute atomic E-state index is 0.406. The Balaban J connectivity index is 1.42. The summed E-state index contributed by atoms with van der Waals surface area (Å²) in [6.07, 6.45) is 4.53. The lowest BCUT2D eigenvalue weighted by molar-refractivity contribution is 0.125. The Labute approximate surface area is 101 Å². The summed E-state index contributed by atoms with van der Waals surface area (Å²) >= 11 is 0. The van der Waals surface area contributed by atoms with Crippen LogP contribution in [0.25, 0.3) is 0 Å². The summed E-state index contributed by atoms with van der Waals surface area (Å²) in [4.78, 5) is 4.43. The molecule has 1 saturated carbocycles. The quantitative estimate of drug-likeness (QED) is 0.751. The molecule has 1 atom stereocenters. The largest absolute Gasteiger partial charge is 0.381 e. The van der Waals surface area contributed by atoms with E-state index in [-0.39, 0.29) is 0 Å². The molecular weight excluding hydrogens is 218 g/mol. The normalized spacial score (nSPS) is 24.4. The highest BCUT2D eigenvalue weighted by Gasteiger charge is 2.23. The summed E-state index contributed by atoms with van der Waals surface area (Å²) in [5.74, 6) is 2.79. The molecule has 1 aromatic rings. The molecule has 1 N–H and O–H groups in total. The van der Waals surface area contributed by atoms with Gasteiger partial charge in [-0.15, -0.1) is 0 Å². The van der Waals surface area contributed by atoms with Crippen LogP contribution in [0.3, 0.4) is 0 Å². The van der Waals surface area contributed by atoms with E-state index in [1.807, 2.05) is 0 Å². The van der Waals surface area contributed by atoms with E-state index in [0.29, 0.717) is 12.5 Å². The molecule has 0 spiro atoms. The van der Waals surface area contributed by atoms with Crippen LogP contribution < -0.4 is 5.32 Å². The van der Waals surface area contributed by atoms with Crippen molar-refractivity contribution in [2.75, 3.05) is 26.3 Å². The number of hydrogen-bond acceptors (Lipinski definition) is 5. The number of nitrogens with zero attached hydrogens (tertiary/aromatic N) is 2. The van der Waals surface area contributed by atoms with Crippen LogP contribution in [0.1, 0.15) is 36.9 Å². The summed E-state index contributed by atoms with van der Waals surface area (Å²) in [5, 5.41) is 7.30. The van der Waals surface area contributed by atoms with E-state index < -0.39 is 0 Å². The van der Waals surface area contributed by atoms with E-state index in [2.05, 4.69) is 15.5 Å². The summed E-state index contributed by atoms with van der Waals surface area (Å²) in [6.45, 7) is 3.61. The van der Waals surface area contributed by atoms with Crippen molar-refractivity contribution in [3.8, 4) is 0 Å². The van der Waals surface area contributed by atoms with Gasteiger partial charge in [-0.2, -0.15) is 4.98 Å². The molecule has 0 radical (unpaired) electrons. The van der Waals surface area contributed by atoms with Crippen molar-refractivity contribution in [1.82, 2.24) is 15.5 Å². The lowest BCUT2D eigenvalue weighted by atomic mass is 10.1. The van der Waals surface area contributed by atoms with Gasteiger partial charge in [0.05, 0.1) is 12.5 Å². The van der Waals surface area contributed by atoms with E-state index in [1.165, 1.54) is 12.8 Å². The first-order valence-electron chi connectivity index (χ1n) is 6.53. The molecule has 3 rings (SSSR count). The highest BCUT2D eigenvalue weighted by molar-refractivity contribution is 4.98. The van der Waals surface area contributed by atoms with Crippen LogP contribution >= 0.6 is 0 Å². The van der Waals surface area contributed by atoms with Gasteiger partial charge >= 0.3 is 0 Å². The molecule has 5 nitrogen and oxygen atoms in total. The number of rotatable bonds is 6. The molecular formula is C12H19N3O2. The van der Waals surface area contributed by atoms with E-state index in [1.54, 1.807) is 0 Å². The van der Waals surface area contributed by atoms with Gasteiger partial charge < -0.3 is 14.6 Å². The van der Waals surface area contributed by atoms with Gasteiger partial charge in [0.1, 0.15) is 0 Å². The molecule has 2 fully saturated rings. The minimum atomic E-state index is 0.406. The van der Waals surface area contributed by atoms with Gasteiger partial charge in [-0.1, -0.05) is 5.16 Å². The van der Waals surface area contributed by atoms with E-state index in [9.17, 15) is 0 Å². The first-order valence-corrected chi connectivity index (χ1v) is 6.53. The fourth-order valence-corrected chi connectivity index (χ4v) is 2.10. The standard InChI is InChI=1S/C12H19N3O2/c1-2-9(1)8-16-6-4-11-14-12(17-15-11)10-3-5-13-7-10/h9-10,13H,1-8H2. The summed E-state index contributed by atoms with van der Waals surface area (Å²) in [6, 6.07) is 0. The Morgan fingerprint density at radius 1 is 1.35 bits per heavy atom. The van der Waals surface area contributed by atoms with Crippen molar-refractivity contribution >= 4 is 0 Å². The minimum Gasteiger partial charge on any atom is -0.381 e. The van der Waals surface area contributed by atoms with Gasteiger partial charge in [0, 0.05) is 19.6 Å². The van der Waals surface area contributed by atoms with Crippen LogP contribution in [-0.4, -0.2) is 36.4 Å². The predicted octanol–water partition coefficient (Wildman–Crippen LogP) is 1.12. The summed E-state index contributed by atoms with van der Waals surface area (Å²) < 4.78 is 10.8. The maximum absolute atomic E-state index is 5.56. The maximum Gasteiger partial charge on any atom is 0.231 e. The second kappa shape index (κ2) is 5.14. The predicted molar refractivity (Wildman–Crippen MR) is 61.8 cm³/mol. The maximum atomic E-state index is 5.56. The summed E-state index contributed by atoms with van der Waals surface area (Å²) in [5.41, 5.74) is 0. The Kier molecular flexibility index (Phi) is 3.38. The first kappa shape index (κ1) is 11.2. The third-order valence-electron chi connectivity index (χ3n) is 3.41. The average Bonchev–Trinajstić information content (AvgIpc) is 2.84. The average molecular weight is 237 g/mol. The molecule has 1 unspecified atom stereocenters. The zero-order valence-corrected chi connectivity index (χ0v) is 10.0. The lowest BCUT2D eigenvalue weighted by Crippen LogP contribution is -2.08. The molecule has 1 aliphatic carbocycles. The van der Waals surface area contributed by atoms with Crippen molar-refractivity contribution in [2.45, 2.75) is 31.6 Å². The highest BCUT2D eigenvalue weighted by atomic mass is 16.5. The number of nitrogens with one attached hydrogen (secondary N) is 1. The number of hydrogen-bond donors (Lipinski definition) is 1. The molecule has 2 heterocycles. The van der Waals surface area contributed by atoms with Crippen LogP contribution in [0, 0.1) is 5.92 Å². The van der Waals surface area contributed by atoms with E-state index >= 15 is 0 Å². The van der Waals surface area contributed by atoms with Gasteiger partial charge in [-0.25, -0.2) is 0 Å². The lowest BCUT2D eigenvalue weighted by Gasteiger charge is -2.00. The Morgan fingerprint density at radius 2 is 2.29 bits per heavy atom. The van der Waals surface area contributed by atoms with Crippen LogP contribution in [0.15, 0.2) is 4.52 Å². The fraction of sp³-hybridized carbons (Fsp3) is 0.833. The van der Waals surface area contributed by atoms with Crippen LogP contribution in [0.2, 0.25) is 0 Å². The van der Waals surface area contributed by atoms with Crippen molar-refractivity contribution in [2.24, 2.45) is 5.92 Å². The van der Waals surface area contributed by atoms with Crippen LogP contribution in [0.5, 0.6) is 0 Å². The third kappa shape index (κ3) is 3.04. The zero-order valence-electron chi connectivity index (χ0n) is 10.0. The van der Waals surface area contributed by atoms with Gasteiger partial charge in [-0.3, -0.25) is 0 Å². The van der Waals surface area contributed by atoms with Gasteiger partial charge in [0.25, 0.3) is 0 Å². The van der Waals surface area contributed by atoms with Gasteiger partial charge in [0.2, 0.25) is 5.89 Å². The Morgan fingerprint density at radius 3 is 3.06 bits per heavy atom. The molecule has 94 valence electrons. The molecule has 2 aliphatic rings. The Hall–Kier alpha value is -0.940. The SMILES string of the molecule is C1CC(c2nc(CCOCC3CC3)no2)CN1. The zero-order chi connectivity index (χ0) is 11.5. The van der Waals surface area contributed by atoms with Gasteiger partial charge in [0.15, 0.2) is 5.82 Å². The molecule has 5 heteroatoms. The third-order valence-corrected chi connectivity index (χ3v) is 3.41. The fourth-order valence-electron chi connectivity index (χ4n) is 2.10. The topological polar surface area (TPSA) is 60.2 Å². The van der Waals surface area contributed by atoms with E-state index in [0.717, 1.165) is 50.2 Å². The van der Waals surface area contributed by atoms with Crippen molar-refractivity contribution in [3.63, 3.8) is 0 Å². The Bertz CT molecular complexity index is 356.